The highest BCUT2D eigenvalue weighted by molar-refractivity contribution is 7.09. The molecule has 0 unspecified atom stereocenters. The Hall–Kier alpha value is -1.00. The molecule has 0 fully saturated rings. The van der Waals surface area contributed by atoms with Gasteiger partial charge in [0, 0.05) is 25.2 Å². The summed E-state index contributed by atoms with van der Waals surface area (Å²) in [6.45, 7) is -0.706. The van der Waals surface area contributed by atoms with Crippen LogP contribution in [0.15, 0.2) is 0 Å². The molecule has 1 rings (SSSR count). The Morgan fingerprint density at radius 3 is 2.79 bits per heavy atom. The standard InChI is InChI=1S/C9H13F4N3O2S/c1-17-3-2-14-8-15-6(16-19-8)4-18-5-9(12,13)7(10)11/h7H,2-5H2,1H3,(H,14,15,16). The summed E-state index contributed by atoms with van der Waals surface area (Å²) in [7, 11) is 1.55. The molecule has 110 valence electrons. The second-order valence-corrected chi connectivity index (χ2v) is 4.24. The molecule has 1 aromatic heterocycles. The number of halogens is 4. The van der Waals surface area contributed by atoms with Crippen molar-refractivity contribution < 1.29 is 27.0 Å². The monoisotopic (exact) mass is 303 g/mol. The van der Waals surface area contributed by atoms with Crippen molar-refractivity contribution in [1.29, 1.82) is 0 Å². The first-order chi connectivity index (χ1) is 8.95. The maximum absolute atomic E-state index is 12.5. The molecule has 5 nitrogen and oxygen atoms in total. The van der Waals surface area contributed by atoms with Gasteiger partial charge in [0.2, 0.25) is 5.13 Å². The molecule has 19 heavy (non-hydrogen) atoms. The van der Waals surface area contributed by atoms with Crippen molar-refractivity contribution in [2.24, 2.45) is 0 Å². The number of ether oxygens (including phenoxy) is 2. The fourth-order valence-electron chi connectivity index (χ4n) is 0.986. The minimum Gasteiger partial charge on any atom is -0.383 e. The van der Waals surface area contributed by atoms with Crippen LogP contribution in [0, 0.1) is 0 Å². The molecular formula is C9H13F4N3O2S. The van der Waals surface area contributed by atoms with Crippen molar-refractivity contribution in [2.45, 2.75) is 19.0 Å². The lowest BCUT2D eigenvalue weighted by molar-refractivity contribution is -0.168. The van der Waals surface area contributed by atoms with Crippen LogP contribution < -0.4 is 5.32 Å². The van der Waals surface area contributed by atoms with Crippen LogP contribution in [-0.4, -0.2) is 48.6 Å². The molecule has 1 N–H and O–H groups in total. The van der Waals surface area contributed by atoms with Gasteiger partial charge in [-0.1, -0.05) is 0 Å². The molecule has 0 bridgehead atoms. The van der Waals surface area contributed by atoms with E-state index >= 15 is 0 Å². The van der Waals surface area contributed by atoms with Crippen LogP contribution in [-0.2, 0) is 16.1 Å². The van der Waals surface area contributed by atoms with E-state index in [1.54, 1.807) is 7.11 Å². The summed E-state index contributed by atoms with van der Waals surface area (Å²) in [6.07, 6.45) is -3.75. The first-order valence-corrected chi connectivity index (χ1v) is 6.02. The van der Waals surface area contributed by atoms with Gasteiger partial charge in [-0.05, 0) is 0 Å². The largest absolute Gasteiger partial charge is 0.383 e. The van der Waals surface area contributed by atoms with Gasteiger partial charge < -0.3 is 14.8 Å². The van der Waals surface area contributed by atoms with Gasteiger partial charge in [-0.25, -0.2) is 13.8 Å². The van der Waals surface area contributed by atoms with Crippen molar-refractivity contribution in [3.8, 4) is 0 Å². The molecule has 0 amide bonds. The number of nitrogens with one attached hydrogen (secondary N) is 1. The van der Waals surface area contributed by atoms with Crippen molar-refractivity contribution in [3.63, 3.8) is 0 Å². The van der Waals surface area contributed by atoms with Gasteiger partial charge in [0.25, 0.3) is 0 Å². The summed E-state index contributed by atoms with van der Waals surface area (Å²) in [4.78, 5) is 3.93. The maximum Gasteiger partial charge on any atom is 0.330 e. The van der Waals surface area contributed by atoms with Crippen molar-refractivity contribution in [3.05, 3.63) is 5.82 Å². The van der Waals surface area contributed by atoms with E-state index in [-0.39, 0.29) is 12.4 Å². The van der Waals surface area contributed by atoms with Crippen LogP contribution in [0.5, 0.6) is 0 Å². The Kier molecular flexibility index (Phi) is 6.38. The Labute approximate surface area is 111 Å². The second-order valence-electron chi connectivity index (χ2n) is 3.49. The Bertz CT molecular complexity index is 378. The van der Waals surface area contributed by atoms with Gasteiger partial charge in [0.05, 0.1) is 6.61 Å². The van der Waals surface area contributed by atoms with Gasteiger partial charge >= 0.3 is 12.3 Å². The first kappa shape index (κ1) is 16.1. The van der Waals surface area contributed by atoms with E-state index in [0.717, 1.165) is 11.5 Å². The Balaban J connectivity index is 2.30. The summed E-state index contributed by atoms with van der Waals surface area (Å²) >= 11 is 1.02. The van der Waals surface area contributed by atoms with E-state index in [2.05, 4.69) is 19.4 Å². The molecule has 0 aliphatic rings. The molecule has 0 spiro atoms. The Morgan fingerprint density at radius 2 is 2.16 bits per heavy atom. The average Bonchev–Trinajstić information content (AvgIpc) is 2.77. The lowest BCUT2D eigenvalue weighted by atomic mass is 10.4. The highest BCUT2D eigenvalue weighted by atomic mass is 32.1. The third-order valence-electron chi connectivity index (χ3n) is 1.90. The molecule has 0 aliphatic carbocycles. The van der Waals surface area contributed by atoms with E-state index in [1.807, 2.05) is 0 Å². The molecule has 0 saturated carbocycles. The number of hydrogen-bond donors (Lipinski definition) is 1. The third kappa shape index (κ3) is 5.66. The lowest BCUT2D eigenvalue weighted by Crippen LogP contribution is -2.32. The Morgan fingerprint density at radius 1 is 1.42 bits per heavy atom. The van der Waals surface area contributed by atoms with Gasteiger partial charge in [0.1, 0.15) is 13.2 Å². The van der Waals surface area contributed by atoms with Crippen LogP contribution in [0.3, 0.4) is 0 Å². The zero-order valence-corrected chi connectivity index (χ0v) is 10.9. The number of aromatic nitrogens is 2. The number of nitrogens with zero attached hydrogens (tertiary/aromatic N) is 2. The highest BCUT2D eigenvalue weighted by Crippen LogP contribution is 2.23. The maximum atomic E-state index is 12.5. The number of rotatable bonds is 9. The minimum absolute atomic E-state index is 0.162. The van der Waals surface area contributed by atoms with Gasteiger partial charge in [0.15, 0.2) is 5.82 Å². The summed E-state index contributed by atoms with van der Waals surface area (Å²) in [6, 6.07) is 0. The normalized spacial score (nSPS) is 12.1. The van der Waals surface area contributed by atoms with Crippen molar-refractivity contribution in [1.82, 2.24) is 9.36 Å². The number of anilines is 1. The molecular weight excluding hydrogens is 290 g/mol. The van der Waals surface area contributed by atoms with Crippen LogP contribution >= 0.6 is 11.5 Å². The number of methoxy groups -OCH3 is 1. The smallest absolute Gasteiger partial charge is 0.330 e. The number of alkyl halides is 4. The summed E-state index contributed by atoms with van der Waals surface area (Å²) < 4.78 is 61.8. The predicted molar refractivity (Wildman–Crippen MR) is 60.9 cm³/mol. The molecule has 0 atom stereocenters. The summed E-state index contributed by atoms with van der Waals surface area (Å²) in [5, 5.41) is 3.37. The van der Waals surface area contributed by atoms with E-state index in [9.17, 15) is 17.6 Å². The zero-order valence-electron chi connectivity index (χ0n) is 10.0. The van der Waals surface area contributed by atoms with Gasteiger partial charge in [-0.15, -0.1) is 0 Å². The van der Waals surface area contributed by atoms with Crippen LogP contribution in [0.25, 0.3) is 0 Å². The summed E-state index contributed by atoms with van der Waals surface area (Å²) in [5.41, 5.74) is 0. The molecule has 0 saturated heterocycles. The molecule has 1 heterocycles. The SMILES string of the molecule is COCCNc1nc(COCC(F)(F)C(F)F)ns1. The van der Waals surface area contributed by atoms with Gasteiger partial charge in [-0.3, -0.25) is 0 Å². The summed E-state index contributed by atoms with van der Waals surface area (Å²) in [5.74, 6) is -4.00. The predicted octanol–water partition coefficient (Wildman–Crippen LogP) is 2.01. The molecule has 0 aliphatic heterocycles. The lowest BCUT2D eigenvalue weighted by Gasteiger charge is -2.14. The van der Waals surface area contributed by atoms with Crippen molar-refractivity contribution >= 4 is 16.7 Å². The highest BCUT2D eigenvalue weighted by Gasteiger charge is 2.41. The molecule has 0 radical (unpaired) electrons. The van der Waals surface area contributed by atoms with Crippen molar-refractivity contribution in [2.75, 3.05) is 32.2 Å². The van der Waals surface area contributed by atoms with Crippen LogP contribution in [0.2, 0.25) is 0 Å². The number of hydrogen-bond acceptors (Lipinski definition) is 6. The quantitative estimate of drug-likeness (QED) is 0.559. The fraction of sp³-hybridized carbons (Fsp3) is 0.778. The molecule has 0 aromatic carbocycles. The first-order valence-electron chi connectivity index (χ1n) is 5.25. The van der Waals surface area contributed by atoms with E-state index in [4.69, 9.17) is 4.74 Å². The third-order valence-corrected chi connectivity index (χ3v) is 2.61. The average molecular weight is 303 g/mol. The van der Waals surface area contributed by atoms with Crippen LogP contribution in [0.4, 0.5) is 22.7 Å². The zero-order chi connectivity index (χ0) is 14.3. The van der Waals surface area contributed by atoms with Crippen LogP contribution in [0.1, 0.15) is 5.82 Å². The minimum atomic E-state index is -4.16. The topological polar surface area (TPSA) is 56.3 Å². The molecule has 1 aromatic rings. The molecule has 10 heteroatoms. The van der Waals surface area contributed by atoms with Gasteiger partial charge in [-0.2, -0.15) is 13.2 Å². The fourth-order valence-corrected chi connectivity index (χ4v) is 1.58. The van der Waals surface area contributed by atoms with E-state index in [1.165, 1.54) is 0 Å². The van der Waals surface area contributed by atoms with E-state index in [0.29, 0.717) is 18.3 Å². The second kappa shape index (κ2) is 7.56. The van der Waals surface area contributed by atoms with E-state index < -0.39 is 19.0 Å².